The maximum Gasteiger partial charge on any atom is 0.236 e. The number of hydrogen-bond acceptors (Lipinski definition) is 3. The molecule has 2 atom stereocenters. The van der Waals surface area contributed by atoms with Crippen molar-refractivity contribution in [1.29, 1.82) is 0 Å². The van der Waals surface area contributed by atoms with Gasteiger partial charge in [0.2, 0.25) is 5.91 Å². The molecule has 1 aromatic rings. The summed E-state index contributed by atoms with van der Waals surface area (Å²) in [6, 6.07) is 7.29. The van der Waals surface area contributed by atoms with E-state index in [1.807, 2.05) is 12.1 Å². The molecule has 1 amide bonds. The van der Waals surface area contributed by atoms with Crippen molar-refractivity contribution in [1.82, 2.24) is 20.0 Å². The highest BCUT2D eigenvalue weighted by Gasteiger charge is 2.41. The highest BCUT2D eigenvalue weighted by atomic mass is 19.1. The molecule has 1 N–H and O–H groups in total. The van der Waals surface area contributed by atoms with Crippen LogP contribution in [0.25, 0.3) is 0 Å². The van der Waals surface area contributed by atoms with Crippen LogP contribution >= 0.6 is 0 Å². The number of piperazine rings is 1. The molecule has 2 heterocycles. The van der Waals surface area contributed by atoms with Crippen LogP contribution in [0.4, 0.5) is 4.39 Å². The molecule has 4 rings (SSSR count). The summed E-state index contributed by atoms with van der Waals surface area (Å²) in [6.07, 6.45) is 5.69. The molecule has 7 heteroatoms. The normalized spacial score (nSPS) is 25.7. The van der Waals surface area contributed by atoms with Gasteiger partial charge in [-0.3, -0.25) is 14.7 Å². The van der Waals surface area contributed by atoms with E-state index in [1.54, 1.807) is 13.1 Å². The third kappa shape index (κ3) is 5.12. The Labute approximate surface area is 179 Å². The number of carbonyl (C=O) groups is 1. The van der Waals surface area contributed by atoms with Gasteiger partial charge in [-0.15, -0.1) is 0 Å². The number of hydrogen-bond donors (Lipinski definition) is 1. The average molecular weight is 416 g/mol. The molecule has 0 spiro atoms. The fourth-order valence-electron chi connectivity index (χ4n) is 4.67. The molecule has 6 nitrogen and oxygen atoms in total. The summed E-state index contributed by atoms with van der Waals surface area (Å²) in [5.74, 6) is 1.26. The average Bonchev–Trinajstić information content (AvgIpc) is 3.56. The molecule has 30 heavy (non-hydrogen) atoms. The van der Waals surface area contributed by atoms with Crippen molar-refractivity contribution in [3.63, 3.8) is 0 Å². The smallest absolute Gasteiger partial charge is 0.236 e. The molecule has 2 saturated heterocycles. The molecule has 0 bridgehead atoms. The molecule has 1 aromatic carbocycles. The number of guanidine groups is 1. The van der Waals surface area contributed by atoms with E-state index < -0.39 is 0 Å². The molecule has 0 aromatic heterocycles. The van der Waals surface area contributed by atoms with Gasteiger partial charge in [0.05, 0.1) is 6.54 Å². The van der Waals surface area contributed by atoms with E-state index in [1.165, 1.54) is 18.9 Å². The number of rotatable bonds is 4. The zero-order chi connectivity index (χ0) is 20.9. The second-order valence-electron chi connectivity index (χ2n) is 8.72. The molecular formula is C23H34FN5O. The summed E-state index contributed by atoms with van der Waals surface area (Å²) in [6.45, 7) is 5.79. The van der Waals surface area contributed by atoms with Crippen molar-refractivity contribution in [2.45, 2.75) is 44.1 Å². The first kappa shape index (κ1) is 21.1. The topological polar surface area (TPSA) is 51.2 Å². The number of amides is 1. The highest BCUT2D eigenvalue weighted by molar-refractivity contribution is 5.81. The van der Waals surface area contributed by atoms with Crippen LogP contribution in [0.2, 0.25) is 0 Å². The lowest BCUT2D eigenvalue weighted by atomic mass is 10.1. The van der Waals surface area contributed by atoms with Gasteiger partial charge in [-0.1, -0.05) is 31.0 Å². The third-order valence-corrected chi connectivity index (χ3v) is 6.61. The maximum atomic E-state index is 14.0. The molecule has 3 fully saturated rings. The van der Waals surface area contributed by atoms with Gasteiger partial charge in [0.1, 0.15) is 5.82 Å². The van der Waals surface area contributed by atoms with Crippen LogP contribution in [0, 0.1) is 5.82 Å². The number of nitrogens with one attached hydrogen (secondary N) is 1. The lowest BCUT2D eigenvalue weighted by Crippen LogP contribution is -2.54. The Morgan fingerprint density at radius 2 is 1.73 bits per heavy atom. The van der Waals surface area contributed by atoms with Crippen molar-refractivity contribution in [3.05, 3.63) is 35.6 Å². The number of likely N-dealkylation sites (tertiary alicyclic amines) is 1. The predicted octanol–water partition coefficient (Wildman–Crippen LogP) is 2.28. The molecule has 2 aliphatic heterocycles. The van der Waals surface area contributed by atoms with Crippen LogP contribution in [-0.2, 0) is 4.79 Å². The quantitative estimate of drug-likeness (QED) is 0.606. The molecule has 3 aliphatic rings. The van der Waals surface area contributed by atoms with E-state index >= 15 is 0 Å². The number of benzene rings is 1. The maximum absolute atomic E-state index is 14.0. The van der Waals surface area contributed by atoms with Crippen LogP contribution in [0.3, 0.4) is 0 Å². The second-order valence-corrected chi connectivity index (χ2v) is 8.72. The lowest BCUT2D eigenvalue weighted by Gasteiger charge is -2.37. The van der Waals surface area contributed by atoms with Crippen LogP contribution in [-0.4, -0.2) is 85.5 Å². The molecule has 1 saturated carbocycles. The summed E-state index contributed by atoms with van der Waals surface area (Å²) in [7, 11) is 1.80. The number of halogens is 1. The van der Waals surface area contributed by atoms with Crippen molar-refractivity contribution in [3.8, 4) is 0 Å². The first-order chi connectivity index (χ1) is 14.7. The molecule has 164 valence electrons. The van der Waals surface area contributed by atoms with Crippen molar-refractivity contribution >= 4 is 11.9 Å². The SMILES string of the molecule is CN=C(NC1CC1c1ccccc1F)N1CCN(CC(=O)N2CCCCCC2)CC1. The Balaban J connectivity index is 1.23. The highest BCUT2D eigenvalue weighted by Crippen LogP contribution is 2.41. The second kappa shape index (κ2) is 9.77. The van der Waals surface area contributed by atoms with Gasteiger partial charge < -0.3 is 15.1 Å². The van der Waals surface area contributed by atoms with Gasteiger partial charge in [-0.05, 0) is 30.9 Å². The minimum Gasteiger partial charge on any atom is -0.353 e. The Morgan fingerprint density at radius 1 is 1.03 bits per heavy atom. The van der Waals surface area contributed by atoms with E-state index in [4.69, 9.17) is 0 Å². The Kier molecular flexibility index (Phi) is 6.87. The van der Waals surface area contributed by atoms with E-state index in [2.05, 4.69) is 25.0 Å². The summed E-state index contributed by atoms with van der Waals surface area (Å²) in [5, 5.41) is 3.52. The monoisotopic (exact) mass is 415 g/mol. The molecule has 2 unspecified atom stereocenters. The van der Waals surface area contributed by atoms with E-state index in [9.17, 15) is 9.18 Å². The van der Waals surface area contributed by atoms with E-state index in [-0.39, 0.29) is 23.7 Å². The Bertz CT molecular complexity index is 754. The number of carbonyl (C=O) groups excluding carboxylic acids is 1. The van der Waals surface area contributed by atoms with Gasteiger partial charge in [0, 0.05) is 58.3 Å². The van der Waals surface area contributed by atoms with Crippen LogP contribution < -0.4 is 5.32 Å². The van der Waals surface area contributed by atoms with Gasteiger partial charge in [-0.25, -0.2) is 4.39 Å². The summed E-state index contributed by atoms with van der Waals surface area (Å²) < 4.78 is 14.0. The van der Waals surface area contributed by atoms with Crippen molar-refractivity contribution in [2.75, 3.05) is 52.9 Å². The third-order valence-electron chi connectivity index (χ3n) is 6.61. The number of aliphatic imine (C=N–C) groups is 1. The van der Waals surface area contributed by atoms with Gasteiger partial charge in [-0.2, -0.15) is 0 Å². The van der Waals surface area contributed by atoms with Gasteiger partial charge in [0.15, 0.2) is 5.96 Å². The van der Waals surface area contributed by atoms with E-state index in [0.717, 1.165) is 70.1 Å². The van der Waals surface area contributed by atoms with Crippen LogP contribution in [0.5, 0.6) is 0 Å². The summed E-state index contributed by atoms with van der Waals surface area (Å²) in [4.78, 5) is 23.7. The van der Waals surface area contributed by atoms with Gasteiger partial charge >= 0.3 is 0 Å². The van der Waals surface area contributed by atoms with Gasteiger partial charge in [0.25, 0.3) is 0 Å². The summed E-state index contributed by atoms with van der Waals surface area (Å²) >= 11 is 0. The predicted molar refractivity (Wildman–Crippen MR) is 117 cm³/mol. The lowest BCUT2D eigenvalue weighted by molar-refractivity contribution is -0.132. The largest absolute Gasteiger partial charge is 0.353 e. The van der Waals surface area contributed by atoms with Crippen molar-refractivity contribution < 1.29 is 9.18 Å². The fraction of sp³-hybridized carbons (Fsp3) is 0.652. The molecular weight excluding hydrogens is 381 g/mol. The minimum absolute atomic E-state index is 0.121. The number of nitrogens with zero attached hydrogens (tertiary/aromatic N) is 4. The minimum atomic E-state index is -0.121. The molecule has 0 radical (unpaired) electrons. The first-order valence-corrected chi connectivity index (χ1v) is 11.4. The Morgan fingerprint density at radius 3 is 2.40 bits per heavy atom. The molecule has 1 aliphatic carbocycles. The first-order valence-electron chi connectivity index (χ1n) is 11.4. The zero-order valence-electron chi connectivity index (χ0n) is 18.0. The zero-order valence-corrected chi connectivity index (χ0v) is 18.0. The standard InChI is InChI=1S/C23H34FN5O/c1-25-23(26-21-16-19(21)18-8-4-5-9-20(18)24)29-14-12-27(13-15-29)17-22(30)28-10-6-2-3-7-11-28/h4-5,8-9,19,21H,2-3,6-7,10-17H2,1H3,(H,25,26). The van der Waals surface area contributed by atoms with Crippen LogP contribution in [0.1, 0.15) is 43.6 Å². The van der Waals surface area contributed by atoms with Crippen LogP contribution in [0.15, 0.2) is 29.3 Å². The Hall–Kier alpha value is -2.15. The fourth-order valence-corrected chi connectivity index (χ4v) is 4.67. The van der Waals surface area contributed by atoms with Crippen molar-refractivity contribution in [2.24, 2.45) is 4.99 Å². The van der Waals surface area contributed by atoms with E-state index in [0.29, 0.717) is 6.54 Å². The summed E-state index contributed by atoms with van der Waals surface area (Å²) in [5.41, 5.74) is 0.794.